The highest BCUT2D eigenvalue weighted by Crippen LogP contribution is 2.18. The molecule has 1 amide bonds. The molecule has 1 rings (SSSR count). The first-order valence-corrected chi connectivity index (χ1v) is 7.26. The van der Waals surface area contributed by atoms with Gasteiger partial charge in [0.15, 0.2) is 0 Å². The van der Waals surface area contributed by atoms with Gasteiger partial charge in [0.2, 0.25) is 0 Å². The third-order valence-corrected chi connectivity index (χ3v) is 3.87. The predicted molar refractivity (Wildman–Crippen MR) is 81.1 cm³/mol. The Hall–Kier alpha value is -1.66. The molecule has 1 aromatic rings. The van der Waals surface area contributed by atoms with Crippen molar-refractivity contribution in [3.63, 3.8) is 0 Å². The first-order valence-electron chi connectivity index (χ1n) is 6.38. The molecule has 0 atom stereocenters. The van der Waals surface area contributed by atoms with E-state index >= 15 is 0 Å². The van der Waals surface area contributed by atoms with Crippen LogP contribution in [0.4, 0.5) is 0 Å². The van der Waals surface area contributed by atoms with Gasteiger partial charge >= 0.3 is 5.97 Å². The van der Waals surface area contributed by atoms with Crippen LogP contribution in [0.25, 0.3) is 6.08 Å². The molecule has 1 aromatic heterocycles. The van der Waals surface area contributed by atoms with E-state index in [1.165, 1.54) is 17.4 Å². The highest BCUT2D eigenvalue weighted by Gasteiger charge is 2.11. The van der Waals surface area contributed by atoms with E-state index in [9.17, 15) is 9.59 Å². The van der Waals surface area contributed by atoms with Crippen LogP contribution in [-0.4, -0.2) is 48.1 Å². The van der Waals surface area contributed by atoms with E-state index in [4.69, 9.17) is 5.11 Å². The Morgan fingerprint density at radius 3 is 2.80 bits per heavy atom. The van der Waals surface area contributed by atoms with Crippen molar-refractivity contribution in [3.8, 4) is 0 Å². The van der Waals surface area contributed by atoms with E-state index in [1.807, 2.05) is 7.05 Å². The molecule has 6 heteroatoms. The summed E-state index contributed by atoms with van der Waals surface area (Å²) in [6.07, 6.45) is 2.47. The number of aliphatic carboxylic acids is 1. The second-order valence-electron chi connectivity index (χ2n) is 4.71. The van der Waals surface area contributed by atoms with Gasteiger partial charge in [-0.2, -0.15) is 0 Å². The molecule has 1 heterocycles. The first-order chi connectivity index (χ1) is 9.41. The van der Waals surface area contributed by atoms with E-state index in [1.54, 1.807) is 11.4 Å². The fourth-order valence-electron chi connectivity index (χ4n) is 1.48. The number of carboxylic acid groups (broad SMARTS) is 1. The minimum Gasteiger partial charge on any atom is -0.478 e. The van der Waals surface area contributed by atoms with E-state index in [-0.39, 0.29) is 5.91 Å². The summed E-state index contributed by atoms with van der Waals surface area (Å²) in [5.41, 5.74) is 0.632. The van der Waals surface area contributed by atoms with Crippen LogP contribution in [0.15, 0.2) is 17.5 Å². The molecule has 2 N–H and O–H groups in total. The molecular formula is C14H20N2O3S. The molecular weight excluding hydrogens is 276 g/mol. The fraction of sp³-hybridized carbons (Fsp3) is 0.429. The van der Waals surface area contributed by atoms with Crippen molar-refractivity contribution >= 4 is 29.3 Å². The van der Waals surface area contributed by atoms with Crippen molar-refractivity contribution in [2.45, 2.75) is 19.9 Å². The predicted octanol–water partition coefficient (Wildman–Crippen LogP) is 1.92. The third kappa shape index (κ3) is 5.14. The minimum atomic E-state index is -1.03. The van der Waals surface area contributed by atoms with Crippen LogP contribution in [0, 0.1) is 0 Å². The van der Waals surface area contributed by atoms with Crippen LogP contribution in [0.5, 0.6) is 0 Å². The number of hydrogen-bond acceptors (Lipinski definition) is 4. The van der Waals surface area contributed by atoms with Gasteiger partial charge in [-0.15, -0.1) is 11.3 Å². The van der Waals surface area contributed by atoms with Crippen molar-refractivity contribution in [2.24, 2.45) is 0 Å². The van der Waals surface area contributed by atoms with E-state index in [2.05, 4.69) is 24.1 Å². The molecule has 5 nitrogen and oxygen atoms in total. The number of nitrogens with one attached hydrogen (secondary N) is 1. The van der Waals surface area contributed by atoms with Crippen LogP contribution in [0.1, 0.15) is 29.1 Å². The number of likely N-dealkylation sites (N-methyl/N-ethyl adjacent to an activating group) is 1. The van der Waals surface area contributed by atoms with Crippen LogP contribution < -0.4 is 5.32 Å². The molecule has 0 aromatic carbocycles. The molecule has 0 aliphatic carbocycles. The number of rotatable bonds is 7. The Labute approximate surface area is 122 Å². The number of thiophene rings is 1. The number of carbonyl (C=O) groups is 2. The van der Waals surface area contributed by atoms with Gasteiger partial charge in [-0.1, -0.05) is 0 Å². The van der Waals surface area contributed by atoms with E-state index in [0.717, 1.165) is 12.6 Å². The maximum Gasteiger partial charge on any atom is 0.328 e. The van der Waals surface area contributed by atoms with Crippen LogP contribution in [0.2, 0.25) is 0 Å². The molecule has 0 bridgehead atoms. The van der Waals surface area contributed by atoms with Gasteiger partial charge in [0, 0.05) is 25.2 Å². The number of carboxylic acids is 1. The lowest BCUT2D eigenvalue weighted by Crippen LogP contribution is -2.36. The zero-order valence-corrected chi connectivity index (χ0v) is 12.7. The molecule has 0 aliphatic rings. The van der Waals surface area contributed by atoms with Crippen molar-refractivity contribution in [1.29, 1.82) is 0 Å². The highest BCUT2D eigenvalue weighted by molar-refractivity contribution is 7.12. The standard InChI is InChI=1S/C14H20N2O3S/c1-10(2)16(3)8-7-15-14(19)13-11(6-9-20-13)4-5-12(17)18/h4-6,9-10H,7-8H2,1-3H3,(H,15,19)(H,17,18). The summed E-state index contributed by atoms with van der Waals surface area (Å²) in [6, 6.07) is 2.17. The molecule has 0 saturated heterocycles. The number of nitrogens with zero attached hydrogens (tertiary/aromatic N) is 1. The van der Waals surface area contributed by atoms with Crippen LogP contribution in [-0.2, 0) is 4.79 Å². The van der Waals surface area contributed by atoms with Gasteiger partial charge in [-0.05, 0) is 44.0 Å². The lowest BCUT2D eigenvalue weighted by molar-refractivity contribution is -0.131. The van der Waals surface area contributed by atoms with E-state index in [0.29, 0.717) is 23.0 Å². The maximum atomic E-state index is 12.0. The smallest absolute Gasteiger partial charge is 0.328 e. The SMILES string of the molecule is CC(C)N(C)CCNC(=O)c1sccc1C=CC(=O)O. The topological polar surface area (TPSA) is 69.6 Å². The molecule has 0 unspecified atom stereocenters. The fourth-order valence-corrected chi connectivity index (χ4v) is 2.28. The van der Waals surface area contributed by atoms with Crippen molar-refractivity contribution in [2.75, 3.05) is 20.1 Å². The summed E-state index contributed by atoms with van der Waals surface area (Å²) < 4.78 is 0. The maximum absolute atomic E-state index is 12.0. The van der Waals surface area contributed by atoms with Gasteiger partial charge < -0.3 is 15.3 Å². The quantitative estimate of drug-likeness (QED) is 0.754. The van der Waals surface area contributed by atoms with Crippen LogP contribution in [0.3, 0.4) is 0 Å². The van der Waals surface area contributed by atoms with Gasteiger partial charge in [0.05, 0.1) is 4.88 Å². The molecule has 0 radical (unpaired) electrons. The van der Waals surface area contributed by atoms with Gasteiger partial charge in [0.25, 0.3) is 5.91 Å². The second kappa shape index (κ2) is 7.81. The van der Waals surface area contributed by atoms with Crippen molar-refractivity contribution < 1.29 is 14.7 Å². The normalized spacial score (nSPS) is 11.4. The van der Waals surface area contributed by atoms with Crippen LogP contribution >= 0.6 is 11.3 Å². The average Bonchev–Trinajstić information content (AvgIpc) is 2.84. The third-order valence-electron chi connectivity index (χ3n) is 2.94. The molecule has 20 heavy (non-hydrogen) atoms. The lowest BCUT2D eigenvalue weighted by atomic mass is 10.2. The number of carbonyl (C=O) groups excluding carboxylic acids is 1. The highest BCUT2D eigenvalue weighted by atomic mass is 32.1. The van der Waals surface area contributed by atoms with Crippen molar-refractivity contribution in [3.05, 3.63) is 28.0 Å². The van der Waals surface area contributed by atoms with Gasteiger partial charge in [-0.3, -0.25) is 4.79 Å². The number of hydrogen-bond donors (Lipinski definition) is 2. The molecule has 0 saturated carbocycles. The van der Waals surface area contributed by atoms with Gasteiger partial charge in [-0.25, -0.2) is 4.79 Å². The Morgan fingerprint density at radius 2 is 2.20 bits per heavy atom. The number of amides is 1. The van der Waals surface area contributed by atoms with Gasteiger partial charge in [0.1, 0.15) is 0 Å². The molecule has 110 valence electrons. The molecule has 0 aliphatic heterocycles. The molecule has 0 fully saturated rings. The summed E-state index contributed by atoms with van der Waals surface area (Å²) in [4.78, 5) is 25.2. The Balaban J connectivity index is 2.56. The summed E-state index contributed by atoms with van der Waals surface area (Å²) in [5, 5.41) is 13.2. The summed E-state index contributed by atoms with van der Waals surface area (Å²) in [7, 11) is 2.00. The second-order valence-corrected chi connectivity index (χ2v) is 5.62. The Kier molecular flexibility index (Phi) is 6.41. The first kappa shape index (κ1) is 16.4. The zero-order valence-electron chi connectivity index (χ0n) is 11.9. The average molecular weight is 296 g/mol. The van der Waals surface area contributed by atoms with Crippen molar-refractivity contribution in [1.82, 2.24) is 10.2 Å². The summed E-state index contributed by atoms with van der Waals surface area (Å²) in [5.74, 6) is -1.19. The summed E-state index contributed by atoms with van der Waals surface area (Å²) >= 11 is 1.30. The zero-order chi connectivity index (χ0) is 15.1. The molecule has 0 spiro atoms. The summed E-state index contributed by atoms with van der Waals surface area (Å²) in [6.45, 7) is 5.52. The lowest BCUT2D eigenvalue weighted by Gasteiger charge is -2.20. The largest absolute Gasteiger partial charge is 0.478 e. The Morgan fingerprint density at radius 1 is 1.50 bits per heavy atom. The monoisotopic (exact) mass is 296 g/mol. The minimum absolute atomic E-state index is 0.165. The van der Waals surface area contributed by atoms with E-state index < -0.39 is 5.97 Å². The Bertz CT molecular complexity index is 494.